The summed E-state index contributed by atoms with van der Waals surface area (Å²) in [4.78, 5) is 17.2. The molecular formula is C28H23ClFNO3S. The summed E-state index contributed by atoms with van der Waals surface area (Å²) in [6, 6.07) is 21.5. The van der Waals surface area contributed by atoms with Crippen molar-refractivity contribution >= 4 is 34.5 Å². The average Bonchev–Trinajstić information content (AvgIpc) is 3.34. The molecule has 4 nitrogen and oxygen atoms in total. The quantitative estimate of drug-likeness (QED) is 0.224. The van der Waals surface area contributed by atoms with E-state index < -0.39 is 0 Å². The van der Waals surface area contributed by atoms with E-state index in [1.54, 1.807) is 48.6 Å². The molecule has 35 heavy (non-hydrogen) atoms. The molecule has 0 saturated carbocycles. The molecule has 0 bridgehead atoms. The van der Waals surface area contributed by atoms with E-state index in [4.69, 9.17) is 21.1 Å². The van der Waals surface area contributed by atoms with Crippen molar-refractivity contribution in [1.82, 2.24) is 4.98 Å². The van der Waals surface area contributed by atoms with Crippen LogP contribution >= 0.6 is 22.9 Å². The molecule has 4 rings (SSSR count). The van der Waals surface area contributed by atoms with E-state index in [1.807, 2.05) is 42.6 Å². The average molecular weight is 508 g/mol. The summed E-state index contributed by atoms with van der Waals surface area (Å²) in [5.74, 6) is -0.0971. The predicted octanol–water partition coefficient (Wildman–Crippen LogP) is 7.22. The van der Waals surface area contributed by atoms with Crippen LogP contribution in [0.5, 0.6) is 5.75 Å². The molecule has 0 amide bonds. The van der Waals surface area contributed by atoms with E-state index in [9.17, 15) is 9.18 Å². The Kier molecular flexibility index (Phi) is 8.29. The van der Waals surface area contributed by atoms with Crippen molar-refractivity contribution < 1.29 is 18.7 Å². The molecule has 0 aliphatic carbocycles. The van der Waals surface area contributed by atoms with Gasteiger partial charge in [-0.05, 0) is 54.0 Å². The lowest BCUT2D eigenvalue weighted by molar-refractivity contribution is -0.142. The zero-order valence-electron chi connectivity index (χ0n) is 19.0. The van der Waals surface area contributed by atoms with Crippen LogP contribution in [0.25, 0.3) is 16.1 Å². The fourth-order valence-corrected chi connectivity index (χ4v) is 4.71. The Labute approximate surface area is 212 Å². The van der Waals surface area contributed by atoms with E-state index in [0.29, 0.717) is 17.4 Å². The van der Waals surface area contributed by atoms with Gasteiger partial charge in [-0.25, -0.2) is 9.37 Å². The van der Waals surface area contributed by atoms with Crippen molar-refractivity contribution in [2.24, 2.45) is 0 Å². The molecule has 1 aromatic heterocycles. The summed E-state index contributed by atoms with van der Waals surface area (Å²) in [7, 11) is 0. The van der Waals surface area contributed by atoms with E-state index in [1.165, 1.54) is 12.1 Å². The van der Waals surface area contributed by atoms with Gasteiger partial charge >= 0.3 is 5.97 Å². The molecule has 0 atom stereocenters. The number of ether oxygens (including phenoxy) is 2. The first kappa shape index (κ1) is 24.6. The lowest BCUT2D eigenvalue weighted by Gasteiger charge is -2.10. The highest BCUT2D eigenvalue weighted by molar-refractivity contribution is 7.16. The molecule has 0 fully saturated rings. The van der Waals surface area contributed by atoms with Gasteiger partial charge in [0.25, 0.3) is 0 Å². The Morgan fingerprint density at radius 2 is 1.86 bits per heavy atom. The molecule has 0 N–H and O–H groups in total. The van der Waals surface area contributed by atoms with Gasteiger partial charge < -0.3 is 9.47 Å². The molecular weight excluding hydrogens is 485 g/mol. The minimum atomic E-state index is -0.302. The minimum Gasteiger partial charge on any atom is -0.488 e. The number of benzene rings is 3. The Balaban J connectivity index is 1.54. The third kappa shape index (κ3) is 6.56. The first-order chi connectivity index (χ1) is 17.0. The topological polar surface area (TPSA) is 48.4 Å². The van der Waals surface area contributed by atoms with Crippen LogP contribution in [0.1, 0.15) is 22.9 Å². The van der Waals surface area contributed by atoms with Crippen LogP contribution in [0.4, 0.5) is 4.39 Å². The van der Waals surface area contributed by atoms with Gasteiger partial charge in [0, 0.05) is 11.8 Å². The zero-order valence-corrected chi connectivity index (χ0v) is 20.6. The second-order valence-electron chi connectivity index (χ2n) is 7.58. The highest BCUT2D eigenvalue weighted by Crippen LogP contribution is 2.33. The maximum absolute atomic E-state index is 13.6. The van der Waals surface area contributed by atoms with Crippen LogP contribution < -0.4 is 4.74 Å². The summed E-state index contributed by atoms with van der Waals surface area (Å²) >= 11 is 7.94. The van der Waals surface area contributed by atoms with Crippen LogP contribution in [0.2, 0.25) is 5.02 Å². The molecule has 0 radical (unpaired) electrons. The second kappa shape index (κ2) is 11.8. The normalized spacial score (nSPS) is 11.3. The fourth-order valence-electron chi connectivity index (χ4n) is 3.47. The van der Waals surface area contributed by atoms with Gasteiger partial charge in [0.05, 0.1) is 22.9 Å². The Hall–Kier alpha value is -3.48. The molecule has 0 unspecified atom stereocenters. The van der Waals surface area contributed by atoms with Crippen LogP contribution in [-0.2, 0) is 16.0 Å². The maximum Gasteiger partial charge on any atom is 0.310 e. The van der Waals surface area contributed by atoms with Crippen molar-refractivity contribution in [3.05, 3.63) is 112 Å². The number of carbonyl (C=O) groups excluding carboxylic acids is 1. The molecule has 0 aliphatic rings. The summed E-state index contributed by atoms with van der Waals surface area (Å²) in [6.07, 6.45) is 3.90. The molecule has 0 saturated heterocycles. The van der Waals surface area contributed by atoms with Gasteiger partial charge in [-0.3, -0.25) is 4.79 Å². The molecule has 3 aromatic carbocycles. The van der Waals surface area contributed by atoms with E-state index in [2.05, 4.69) is 4.98 Å². The number of esters is 1. The van der Waals surface area contributed by atoms with E-state index in [0.717, 1.165) is 32.1 Å². The number of carbonyl (C=O) groups is 1. The molecule has 0 aliphatic heterocycles. The predicted molar refractivity (Wildman–Crippen MR) is 138 cm³/mol. The molecule has 178 valence electrons. The Bertz CT molecular complexity index is 1320. The number of nitrogens with zero attached hydrogens (tertiary/aromatic N) is 1. The molecule has 1 heterocycles. The van der Waals surface area contributed by atoms with Crippen LogP contribution in [0, 0.1) is 5.82 Å². The van der Waals surface area contributed by atoms with Gasteiger partial charge in [0.1, 0.15) is 23.2 Å². The largest absolute Gasteiger partial charge is 0.488 e. The van der Waals surface area contributed by atoms with E-state index in [-0.39, 0.29) is 24.8 Å². The first-order valence-electron chi connectivity index (χ1n) is 11.1. The van der Waals surface area contributed by atoms with Gasteiger partial charge in [-0.15, -0.1) is 11.3 Å². The zero-order chi connectivity index (χ0) is 24.6. The van der Waals surface area contributed by atoms with Crippen LogP contribution in [-0.4, -0.2) is 24.2 Å². The standard InChI is InChI=1S/C28H23ClFNO3S/c1-2-33-27(32)17-19-8-13-25(24(29)16-19)34-15-14-23(20-9-11-22(30)12-10-20)26-18-31-28(35-26)21-6-4-3-5-7-21/h3-14,16,18H,2,15,17H2,1H3/b23-14+. The smallest absolute Gasteiger partial charge is 0.310 e. The van der Waals surface area contributed by atoms with E-state index >= 15 is 0 Å². The molecule has 4 aromatic rings. The lowest BCUT2D eigenvalue weighted by atomic mass is 10.0. The van der Waals surface area contributed by atoms with Crippen molar-refractivity contribution in [1.29, 1.82) is 0 Å². The lowest BCUT2D eigenvalue weighted by Crippen LogP contribution is -2.07. The molecule has 7 heteroatoms. The summed E-state index contributed by atoms with van der Waals surface area (Å²) < 4.78 is 24.5. The second-order valence-corrected chi connectivity index (χ2v) is 9.02. The van der Waals surface area contributed by atoms with Gasteiger partial charge in [0.15, 0.2) is 0 Å². The third-order valence-electron chi connectivity index (χ3n) is 5.12. The number of hydrogen-bond acceptors (Lipinski definition) is 5. The number of hydrogen-bond donors (Lipinski definition) is 0. The number of aromatic nitrogens is 1. The van der Waals surface area contributed by atoms with Gasteiger partial charge in [-0.2, -0.15) is 0 Å². The monoisotopic (exact) mass is 507 g/mol. The van der Waals surface area contributed by atoms with Crippen molar-refractivity contribution in [3.8, 4) is 16.3 Å². The number of halogens is 2. The number of thiazole rings is 1. The van der Waals surface area contributed by atoms with Crippen molar-refractivity contribution in [2.45, 2.75) is 13.3 Å². The number of rotatable bonds is 9. The SMILES string of the molecule is CCOC(=O)Cc1ccc(OC/C=C(\c2ccc(F)cc2)c2cnc(-c3ccccc3)s2)c(Cl)c1. The van der Waals surface area contributed by atoms with Gasteiger partial charge in [-0.1, -0.05) is 60.1 Å². The molecule has 0 spiro atoms. The summed E-state index contributed by atoms with van der Waals surface area (Å²) in [5, 5.41) is 1.31. The maximum atomic E-state index is 13.6. The fraction of sp³-hybridized carbons (Fsp3) is 0.143. The Morgan fingerprint density at radius 1 is 1.09 bits per heavy atom. The van der Waals surface area contributed by atoms with Crippen LogP contribution in [0.3, 0.4) is 0 Å². The third-order valence-corrected chi connectivity index (χ3v) is 6.50. The summed E-state index contributed by atoms with van der Waals surface area (Å²) in [6.45, 7) is 2.34. The Morgan fingerprint density at radius 3 is 2.57 bits per heavy atom. The summed E-state index contributed by atoms with van der Waals surface area (Å²) in [5.41, 5.74) is 3.53. The minimum absolute atomic E-state index is 0.150. The highest BCUT2D eigenvalue weighted by atomic mass is 35.5. The van der Waals surface area contributed by atoms with Gasteiger partial charge in [0.2, 0.25) is 0 Å². The first-order valence-corrected chi connectivity index (χ1v) is 12.3. The van der Waals surface area contributed by atoms with Crippen molar-refractivity contribution in [3.63, 3.8) is 0 Å². The highest BCUT2D eigenvalue weighted by Gasteiger charge is 2.12. The van der Waals surface area contributed by atoms with Crippen LogP contribution in [0.15, 0.2) is 85.1 Å². The van der Waals surface area contributed by atoms with Crippen molar-refractivity contribution in [2.75, 3.05) is 13.2 Å².